The summed E-state index contributed by atoms with van der Waals surface area (Å²) in [6, 6.07) is 13.0. The van der Waals surface area contributed by atoms with Gasteiger partial charge in [-0.3, -0.25) is 20.1 Å². The number of amidine groups is 1. The quantitative estimate of drug-likeness (QED) is 0.456. The third-order valence-corrected chi connectivity index (χ3v) is 6.64. The molecule has 2 aromatic carbocycles. The van der Waals surface area contributed by atoms with Gasteiger partial charge in [0.1, 0.15) is 11.4 Å². The molecule has 10 nitrogen and oxygen atoms in total. The summed E-state index contributed by atoms with van der Waals surface area (Å²) in [6.07, 6.45) is 1.61. The lowest BCUT2D eigenvalue weighted by Crippen LogP contribution is -2.55. The van der Waals surface area contributed by atoms with Crippen molar-refractivity contribution in [3.8, 4) is 22.8 Å². The number of anilines is 2. The highest BCUT2D eigenvalue weighted by atomic mass is 16.5. The summed E-state index contributed by atoms with van der Waals surface area (Å²) < 4.78 is 6.56. The first kappa shape index (κ1) is 19.5. The standard InChI is InChI=1S/C23H22N8O2/c1-31(8-4-6-16(31)21(24)32)19-11-14(27-23(25)28-19)12-9-15-20-18(10-12)33-17-7-3-2-5-13(17)26-22(20)30-29-15/h2-3,5,7,9-11,16H,4,6,8H2,1H3,(H5-,24,25,26,27,28,29,30,32)/p+1/t16-,31?/m0/s1. The zero-order valence-electron chi connectivity index (χ0n) is 18.0. The molecule has 1 aromatic heterocycles. The van der Waals surface area contributed by atoms with Gasteiger partial charge in [-0.1, -0.05) is 12.1 Å². The lowest BCUT2D eigenvalue weighted by Gasteiger charge is -2.32. The van der Waals surface area contributed by atoms with Crippen molar-refractivity contribution in [1.29, 1.82) is 0 Å². The van der Waals surface area contributed by atoms with Crippen LogP contribution in [0.25, 0.3) is 11.3 Å². The summed E-state index contributed by atoms with van der Waals surface area (Å²) in [4.78, 5) is 25.8. The Bertz CT molecular complexity index is 1350. The van der Waals surface area contributed by atoms with Crippen LogP contribution in [0.3, 0.4) is 0 Å². The number of aromatic nitrogens is 2. The van der Waals surface area contributed by atoms with Gasteiger partial charge in [0.25, 0.3) is 5.91 Å². The van der Waals surface area contributed by atoms with E-state index in [9.17, 15) is 4.79 Å². The SMILES string of the molecule is C[N+]1(c2cc(-c3cc4c5c(c3)Oc3ccccc3N=C5NN4)nc(N)n2)CCC[C@H]1C(N)=O. The first-order valence-corrected chi connectivity index (χ1v) is 10.8. The highest BCUT2D eigenvalue weighted by Crippen LogP contribution is 2.44. The van der Waals surface area contributed by atoms with Gasteiger partial charge in [-0.2, -0.15) is 4.98 Å². The van der Waals surface area contributed by atoms with Crippen LogP contribution in [0.15, 0.2) is 47.5 Å². The lowest BCUT2D eigenvalue weighted by atomic mass is 10.0. The number of nitrogens with zero attached hydrogens (tertiary/aromatic N) is 4. The van der Waals surface area contributed by atoms with E-state index in [-0.39, 0.29) is 17.9 Å². The molecule has 166 valence electrons. The fourth-order valence-electron chi connectivity index (χ4n) is 4.95. The number of nitrogen functional groups attached to an aromatic ring is 1. The Hall–Kier alpha value is -4.18. The summed E-state index contributed by atoms with van der Waals surface area (Å²) in [5, 5.41) is 0. The van der Waals surface area contributed by atoms with E-state index in [1.807, 2.05) is 49.5 Å². The molecule has 0 saturated carbocycles. The van der Waals surface area contributed by atoms with Gasteiger partial charge in [-0.25, -0.2) is 9.98 Å². The first-order chi connectivity index (χ1) is 15.9. The third kappa shape index (κ3) is 2.99. The molecule has 1 unspecified atom stereocenters. The number of para-hydroxylation sites is 2. The van der Waals surface area contributed by atoms with E-state index in [4.69, 9.17) is 21.2 Å². The normalized spacial score (nSPS) is 22.2. The number of hydrazine groups is 1. The van der Waals surface area contributed by atoms with Gasteiger partial charge in [0.15, 0.2) is 17.6 Å². The fraction of sp³-hybridized carbons (Fsp3) is 0.217. The topological polar surface area (TPSA) is 141 Å². The van der Waals surface area contributed by atoms with Crippen LogP contribution in [0.5, 0.6) is 11.5 Å². The van der Waals surface area contributed by atoms with Crippen LogP contribution in [-0.2, 0) is 4.79 Å². The minimum absolute atomic E-state index is 0.142. The molecule has 2 atom stereocenters. The van der Waals surface area contributed by atoms with Crippen LogP contribution >= 0.6 is 0 Å². The number of fused-ring (bicyclic) bond motifs is 1. The number of quaternary nitrogens is 1. The highest BCUT2D eigenvalue weighted by molar-refractivity contribution is 6.12. The Balaban J connectivity index is 1.48. The van der Waals surface area contributed by atoms with Crippen LogP contribution in [0.2, 0.25) is 0 Å². The highest BCUT2D eigenvalue weighted by Gasteiger charge is 2.45. The zero-order chi connectivity index (χ0) is 22.7. The molecule has 33 heavy (non-hydrogen) atoms. The fourth-order valence-corrected chi connectivity index (χ4v) is 4.95. The number of ether oxygens (including phenoxy) is 1. The average molecular weight is 443 g/mol. The number of hydrogen-bond acceptors (Lipinski definition) is 8. The molecule has 1 fully saturated rings. The van der Waals surface area contributed by atoms with Crippen molar-refractivity contribution >= 4 is 34.9 Å². The van der Waals surface area contributed by atoms with Gasteiger partial charge in [0.05, 0.1) is 30.5 Å². The number of rotatable bonds is 3. The molecule has 6 rings (SSSR count). The molecule has 1 saturated heterocycles. The number of carbonyl (C=O) groups is 1. The van der Waals surface area contributed by atoms with Gasteiger partial charge in [0.2, 0.25) is 11.8 Å². The maximum atomic E-state index is 12.1. The largest absolute Gasteiger partial charge is 0.454 e. The zero-order valence-corrected chi connectivity index (χ0v) is 18.0. The average Bonchev–Trinajstić information content (AvgIpc) is 3.34. The number of benzene rings is 2. The maximum absolute atomic E-state index is 12.1. The number of nitrogens with one attached hydrogen (secondary N) is 2. The summed E-state index contributed by atoms with van der Waals surface area (Å²) >= 11 is 0. The number of aliphatic imine (C=N–C) groups is 1. The Morgan fingerprint density at radius 3 is 2.85 bits per heavy atom. The van der Waals surface area contributed by atoms with Crippen LogP contribution < -0.4 is 31.5 Å². The van der Waals surface area contributed by atoms with Crippen molar-refractivity contribution < 1.29 is 9.53 Å². The molecular weight excluding hydrogens is 420 g/mol. The molecule has 3 aromatic rings. The van der Waals surface area contributed by atoms with Gasteiger partial charge in [-0.05, 0) is 24.3 Å². The van der Waals surface area contributed by atoms with Crippen molar-refractivity contribution in [2.24, 2.45) is 10.7 Å². The molecule has 0 aliphatic carbocycles. The van der Waals surface area contributed by atoms with Crippen LogP contribution in [0.4, 0.5) is 23.1 Å². The number of hydrogen-bond donors (Lipinski definition) is 4. The predicted octanol–water partition coefficient (Wildman–Crippen LogP) is 2.42. The van der Waals surface area contributed by atoms with Crippen molar-refractivity contribution in [2.45, 2.75) is 18.9 Å². The molecule has 4 heterocycles. The number of likely N-dealkylation sites (N-methyl/N-ethyl adjacent to an activating group) is 1. The van der Waals surface area contributed by atoms with Gasteiger partial charge in [0, 0.05) is 24.5 Å². The summed E-state index contributed by atoms with van der Waals surface area (Å²) in [6.45, 7) is 0.754. The van der Waals surface area contributed by atoms with E-state index >= 15 is 0 Å². The van der Waals surface area contributed by atoms with Crippen LogP contribution in [0.1, 0.15) is 18.4 Å². The number of likely N-dealkylation sites (tertiary alicyclic amines) is 1. The minimum Gasteiger partial charge on any atom is -0.454 e. The number of primary amides is 1. The Labute approximate surface area is 189 Å². The third-order valence-electron chi connectivity index (χ3n) is 6.64. The van der Waals surface area contributed by atoms with Gasteiger partial charge >= 0.3 is 0 Å². The molecule has 0 spiro atoms. The van der Waals surface area contributed by atoms with Crippen molar-refractivity contribution in [1.82, 2.24) is 19.9 Å². The number of amides is 1. The minimum atomic E-state index is -0.346. The van der Waals surface area contributed by atoms with Crippen molar-refractivity contribution in [3.63, 3.8) is 0 Å². The molecule has 10 heteroatoms. The second-order valence-corrected chi connectivity index (χ2v) is 8.70. The number of nitrogens with two attached hydrogens (primary N) is 2. The van der Waals surface area contributed by atoms with E-state index in [0.717, 1.165) is 41.9 Å². The van der Waals surface area contributed by atoms with E-state index in [2.05, 4.69) is 20.8 Å². The molecule has 6 N–H and O–H groups in total. The van der Waals surface area contributed by atoms with Crippen molar-refractivity contribution in [3.05, 3.63) is 48.0 Å². The smallest absolute Gasteiger partial charge is 0.276 e. The maximum Gasteiger partial charge on any atom is 0.276 e. The Morgan fingerprint density at radius 1 is 1.15 bits per heavy atom. The van der Waals surface area contributed by atoms with E-state index in [1.54, 1.807) is 0 Å². The Morgan fingerprint density at radius 2 is 2.00 bits per heavy atom. The van der Waals surface area contributed by atoms with Crippen LogP contribution in [0, 0.1) is 0 Å². The molecule has 1 amide bonds. The molecule has 3 aliphatic heterocycles. The summed E-state index contributed by atoms with van der Waals surface area (Å²) in [7, 11) is 1.97. The van der Waals surface area contributed by atoms with Gasteiger partial charge < -0.3 is 16.2 Å². The van der Waals surface area contributed by atoms with Crippen LogP contribution in [-0.4, -0.2) is 41.3 Å². The first-order valence-electron chi connectivity index (χ1n) is 10.8. The van der Waals surface area contributed by atoms with E-state index in [1.165, 1.54) is 0 Å². The summed E-state index contributed by atoms with van der Waals surface area (Å²) in [5.41, 5.74) is 22.0. The molecule has 3 aliphatic rings. The summed E-state index contributed by atoms with van der Waals surface area (Å²) in [5.74, 6) is 2.49. The predicted molar refractivity (Wildman–Crippen MR) is 126 cm³/mol. The monoisotopic (exact) mass is 443 g/mol. The number of carbonyl (C=O) groups excluding carboxylic acids is 1. The van der Waals surface area contributed by atoms with E-state index in [0.29, 0.717) is 33.3 Å². The molecule has 0 bridgehead atoms. The lowest BCUT2D eigenvalue weighted by molar-refractivity contribution is -0.121. The van der Waals surface area contributed by atoms with Gasteiger partial charge in [-0.15, -0.1) is 0 Å². The molecular formula is C23H23N8O2+. The van der Waals surface area contributed by atoms with Crippen molar-refractivity contribution in [2.75, 3.05) is 24.8 Å². The molecule has 0 radical (unpaired) electrons. The Kier molecular flexibility index (Phi) is 4.08. The second-order valence-electron chi connectivity index (χ2n) is 8.70. The second kappa shape index (κ2) is 6.91. The van der Waals surface area contributed by atoms with E-state index < -0.39 is 0 Å².